The average molecular weight is 184 g/mol. The molecule has 5 heteroatoms. The van der Waals surface area contributed by atoms with Crippen LogP contribution in [0.3, 0.4) is 0 Å². The van der Waals surface area contributed by atoms with Gasteiger partial charge in [-0.3, -0.25) is 4.79 Å². The summed E-state index contributed by atoms with van der Waals surface area (Å²) >= 11 is 0. The monoisotopic (exact) mass is 184 g/mol. The maximum atomic E-state index is 11.2. The van der Waals surface area contributed by atoms with Gasteiger partial charge in [0.2, 0.25) is 5.91 Å². The molecule has 0 spiro atoms. The van der Waals surface area contributed by atoms with Crippen LogP contribution in [0, 0.1) is 0 Å². The van der Waals surface area contributed by atoms with Gasteiger partial charge in [-0.15, -0.1) is 0 Å². The van der Waals surface area contributed by atoms with Crippen LogP contribution < -0.4 is 16.2 Å². The number of hydrogen-bond acceptors (Lipinski definition) is 4. The summed E-state index contributed by atoms with van der Waals surface area (Å²) in [6.45, 7) is 4.63. The van der Waals surface area contributed by atoms with Crippen molar-refractivity contribution in [2.24, 2.45) is 0 Å². The molecule has 1 saturated heterocycles. The molecule has 0 aromatic rings. The maximum absolute atomic E-state index is 11.2. The van der Waals surface area contributed by atoms with Gasteiger partial charge in [-0.2, -0.15) is 5.12 Å². The predicted octanol–water partition coefficient (Wildman–Crippen LogP) is -0.996. The first-order valence-corrected chi connectivity index (χ1v) is 4.45. The van der Waals surface area contributed by atoms with Gasteiger partial charge in [0.1, 0.15) is 6.54 Å². The number of carbonyl (C=O) groups excluding carboxylic acids is 1. The molecule has 1 aliphatic heterocycles. The zero-order valence-electron chi connectivity index (χ0n) is 7.84. The summed E-state index contributed by atoms with van der Waals surface area (Å²) < 4.78 is 0. The molecular weight excluding hydrogens is 168 g/mol. The molecule has 0 saturated carbocycles. The highest BCUT2D eigenvalue weighted by Gasteiger charge is 2.12. The Morgan fingerprint density at radius 1 is 1.54 bits per heavy atom. The van der Waals surface area contributed by atoms with E-state index >= 15 is 0 Å². The first-order chi connectivity index (χ1) is 6.33. The second-order valence-electron chi connectivity index (χ2n) is 2.78. The second kappa shape index (κ2) is 5.69. The molecule has 1 fully saturated rings. The normalized spacial score (nSPS) is 18.2. The lowest BCUT2D eigenvalue weighted by Crippen LogP contribution is -2.45. The van der Waals surface area contributed by atoms with Crippen LogP contribution >= 0.6 is 0 Å². The molecule has 1 heterocycles. The summed E-state index contributed by atoms with van der Waals surface area (Å²) in [5, 5.41) is 4.46. The molecule has 1 aliphatic rings. The van der Waals surface area contributed by atoms with Crippen molar-refractivity contribution < 1.29 is 4.79 Å². The third-order valence-electron chi connectivity index (χ3n) is 1.68. The molecule has 1 rings (SSSR count). The quantitative estimate of drug-likeness (QED) is 0.491. The van der Waals surface area contributed by atoms with Gasteiger partial charge in [0.15, 0.2) is 0 Å². The minimum atomic E-state index is 0.0139. The van der Waals surface area contributed by atoms with Crippen LogP contribution in [-0.4, -0.2) is 37.2 Å². The van der Waals surface area contributed by atoms with E-state index in [4.69, 9.17) is 0 Å². The predicted molar refractivity (Wildman–Crippen MR) is 50.5 cm³/mol. The van der Waals surface area contributed by atoms with Crippen LogP contribution in [0.1, 0.15) is 6.92 Å². The Morgan fingerprint density at radius 2 is 2.23 bits per heavy atom. The number of carbonyl (C=O) groups is 1. The van der Waals surface area contributed by atoms with Crippen LogP contribution in [-0.2, 0) is 4.79 Å². The van der Waals surface area contributed by atoms with Crippen LogP contribution in [0.2, 0.25) is 0 Å². The van der Waals surface area contributed by atoms with Crippen LogP contribution in [0.25, 0.3) is 0 Å². The fraction of sp³-hybridized carbons (Fsp3) is 0.625. The Balaban J connectivity index is 2.09. The molecule has 0 aromatic carbocycles. The Morgan fingerprint density at radius 3 is 2.85 bits per heavy atom. The molecule has 0 radical (unpaired) electrons. The Bertz CT molecular complexity index is 187. The number of hydrazine groups is 2. The third-order valence-corrected chi connectivity index (χ3v) is 1.68. The van der Waals surface area contributed by atoms with Gasteiger partial charge in [0.05, 0.1) is 0 Å². The third kappa shape index (κ3) is 4.02. The Hall–Kier alpha value is -0.910. The van der Waals surface area contributed by atoms with Gasteiger partial charge in [0.25, 0.3) is 0 Å². The van der Waals surface area contributed by atoms with Crippen molar-refractivity contribution in [3.05, 3.63) is 12.2 Å². The summed E-state index contributed by atoms with van der Waals surface area (Å²) in [5.74, 6) is 0.0139. The maximum Gasteiger partial charge on any atom is 0.237 e. The highest BCUT2D eigenvalue weighted by Crippen LogP contribution is 1.82. The summed E-state index contributed by atoms with van der Waals surface area (Å²) in [7, 11) is 0. The molecule has 5 nitrogen and oxygen atoms in total. The molecule has 0 atom stereocenters. The van der Waals surface area contributed by atoms with E-state index < -0.39 is 0 Å². The first kappa shape index (κ1) is 10.2. The molecule has 1 amide bonds. The molecule has 13 heavy (non-hydrogen) atoms. The highest BCUT2D eigenvalue weighted by atomic mass is 16.2. The van der Waals surface area contributed by atoms with Crippen LogP contribution in [0.5, 0.6) is 0 Å². The molecule has 0 bridgehead atoms. The molecule has 74 valence electrons. The smallest absolute Gasteiger partial charge is 0.237 e. The van der Waals surface area contributed by atoms with Gasteiger partial charge in [-0.05, 0) is 6.92 Å². The van der Waals surface area contributed by atoms with Crippen molar-refractivity contribution >= 4 is 5.91 Å². The SMILES string of the molecule is C/C=C/CNC(=O)CN1NCCN1. The largest absolute Gasteiger partial charge is 0.351 e. The van der Waals surface area contributed by atoms with Crippen molar-refractivity contribution in [1.82, 2.24) is 21.3 Å². The zero-order valence-corrected chi connectivity index (χ0v) is 7.84. The molecular formula is C8H16N4O. The summed E-state index contributed by atoms with van der Waals surface area (Å²) in [4.78, 5) is 11.2. The van der Waals surface area contributed by atoms with Crippen molar-refractivity contribution in [3.8, 4) is 0 Å². The van der Waals surface area contributed by atoms with Crippen molar-refractivity contribution in [2.45, 2.75) is 6.92 Å². The van der Waals surface area contributed by atoms with Gasteiger partial charge in [-0.1, -0.05) is 12.2 Å². The molecule has 3 N–H and O–H groups in total. The lowest BCUT2D eigenvalue weighted by molar-refractivity contribution is -0.123. The standard InChI is InChI=1S/C8H16N4O/c1-2-3-4-9-8(13)7-12-10-5-6-11-12/h2-3,10-11H,4-7H2,1H3,(H,9,13)/b3-2+. The fourth-order valence-electron chi connectivity index (χ4n) is 1.04. The number of amides is 1. The molecule has 0 aliphatic carbocycles. The van der Waals surface area contributed by atoms with Gasteiger partial charge in [-0.25, -0.2) is 10.9 Å². The zero-order chi connectivity index (χ0) is 9.52. The van der Waals surface area contributed by atoms with Gasteiger partial charge >= 0.3 is 0 Å². The van der Waals surface area contributed by atoms with Crippen molar-refractivity contribution in [3.63, 3.8) is 0 Å². The fourth-order valence-corrected chi connectivity index (χ4v) is 1.04. The lowest BCUT2D eigenvalue weighted by Gasteiger charge is -2.13. The number of allylic oxidation sites excluding steroid dienone is 1. The molecule has 0 aromatic heterocycles. The topological polar surface area (TPSA) is 56.4 Å². The Labute approximate surface area is 78.1 Å². The number of rotatable bonds is 4. The number of nitrogens with one attached hydrogen (secondary N) is 3. The minimum Gasteiger partial charge on any atom is -0.351 e. The second-order valence-corrected chi connectivity index (χ2v) is 2.78. The van der Waals surface area contributed by atoms with E-state index in [9.17, 15) is 4.79 Å². The first-order valence-electron chi connectivity index (χ1n) is 4.45. The molecule has 0 unspecified atom stereocenters. The van der Waals surface area contributed by atoms with E-state index in [-0.39, 0.29) is 5.91 Å². The summed E-state index contributed by atoms with van der Waals surface area (Å²) in [6, 6.07) is 0. The highest BCUT2D eigenvalue weighted by molar-refractivity contribution is 5.78. The lowest BCUT2D eigenvalue weighted by atomic mass is 10.5. The van der Waals surface area contributed by atoms with E-state index in [0.717, 1.165) is 13.1 Å². The average Bonchev–Trinajstić information content (AvgIpc) is 2.57. The van der Waals surface area contributed by atoms with E-state index in [1.54, 1.807) is 5.12 Å². The van der Waals surface area contributed by atoms with Crippen LogP contribution in [0.4, 0.5) is 0 Å². The van der Waals surface area contributed by atoms with Crippen LogP contribution in [0.15, 0.2) is 12.2 Å². The van der Waals surface area contributed by atoms with E-state index in [1.807, 2.05) is 19.1 Å². The van der Waals surface area contributed by atoms with Crippen molar-refractivity contribution in [1.29, 1.82) is 0 Å². The minimum absolute atomic E-state index is 0.0139. The van der Waals surface area contributed by atoms with E-state index in [0.29, 0.717) is 13.1 Å². The van der Waals surface area contributed by atoms with Crippen molar-refractivity contribution in [2.75, 3.05) is 26.2 Å². The number of nitrogens with zero attached hydrogens (tertiary/aromatic N) is 1. The van der Waals surface area contributed by atoms with E-state index in [2.05, 4.69) is 16.2 Å². The summed E-state index contributed by atoms with van der Waals surface area (Å²) in [6.07, 6.45) is 3.81. The van der Waals surface area contributed by atoms with Gasteiger partial charge < -0.3 is 5.32 Å². The van der Waals surface area contributed by atoms with Gasteiger partial charge in [0, 0.05) is 19.6 Å². The Kier molecular flexibility index (Phi) is 4.45. The van der Waals surface area contributed by atoms with E-state index in [1.165, 1.54) is 0 Å². The number of hydrogen-bond donors (Lipinski definition) is 3. The summed E-state index contributed by atoms with van der Waals surface area (Å²) in [5.41, 5.74) is 6.04.